The van der Waals surface area contributed by atoms with Crippen LogP contribution in [0.15, 0.2) is 24.3 Å². The Morgan fingerprint density at radius 3 is 2.69 bits per heavy atom. The van der Waals surface area contributed by atoms with Crippen LogP contribution in [0.5, 0.6) is 0 Å². The first-order valence-electron chi connectivity index (χ1n) is 4.55. The molecule has 0 aromatic heterocycles. The van der Waals surface area contributed by atoms with Crippen LogP contribution >= 0.6 is 0 Å². The Hall–Kier alpha value is -1.56. The predicted octanol–water partition coefficient (Wildman–Crippen LogP) is 1.85. The standard InChI is InChI=1S/C10H8F3NO2/c11-10(12,13)7-3-1-2-6(4-7)9-14-8(15)5-16-9/h1-4,9H,5H2,(H,14,15). The number of carbonyl (C=O) groups is 1. The minimum Gasteiger partial charge on any atom is -0.344 e. The molecule has 1 heterocycles. The van der Waals surface area contributed by atoms with Crippen molar-refractivity contribution in [3.8, 4) is 0 Å². The third-order valence-corrected chi connectivity index (χ3v) is 2.19. The Labute approximate surface area is 89.2 Å². The predicted molar refractivity (Wildman–Crippen MR) is 48.3 cm³/mol. The van der Waals surface area contributed by atoms with Gasteiger partial charge in [-0.2, -0.15) is 13.2 Å². The lowest BCUT2D eigenvalue weighted by Crippen LogP contribution is -2.19. The quantitative estimate of drug-likeness (QED) is 0.801. The van der Waals surface area contributed by atoms with Gasteiger partial charge in [0.15, 0.2) is 6.23 Å². The monoisotopic (exact) mass is 231 g/mol. The Kier molecular flexibility index (Phi) is 2.59. The van der Waals surface area contributed by atoms with E-state index >= 15 is 0 Å². The number of nitrogens with one attached hydrogen (secondary N) is 1. The molecule has 0 aliphatic carbocycles. The SMILES string of the molecule is O=C1COC(c2cccc(C(F)(F)F)c2)N1. The fraction of sp³-hybridized carbons (Fsp3) is 0.300. The number of hydrogen-bond donors (Lipinski definition) is 1. The summed E-state index contributed by atoms with van der Waals surface area (Å²) in [7, 11) is 0. The second kappa shape index (κ2) is 3.79. The fourth-order valence-electron chi connectivity index (χ4n) is 1.45. The molecule has 1 N–H and O–H groups in total. The van der Waals surface area contributed by atoms with E-state index in [-0.39, 0.29) is 12.5 Å². The van der Waals surface area contributed by atoms with Crippen LogP contribution < -0.4 is 5.32 Å². The number of ether oxygens (including phenoxy) is 1. The van der Waals surface area contributed by atoms with E-state index in [0.717, 1.165) is 12.1 Å². The van der Waals surface area contributed by atoms with Crippen LogP contribution in [0.4, 0.5) is 13.2 Å². The highest BCUT2D eigenvalue weighted by molar-refractivity contribution is 5.79. The highest BCUT2D eigenvalue weighted by atomic mass is 19.4. The van der Waals surface area contributed by atoms with Crippen molar-refractivity contribution in [1.82, 2.24) is 5.32 Å². The van der Waals surface area contributed by atoms with Crippen molar-refractivity contribution in [2.75, 3.05) is 6.61 Å². The van der Waals surface area contributed by atoms with E-state index < -0.39 is 18.0 Å². The van der Waals surface area contributed by atoms with Crippen molar-refractivity contribution in [3.63, 3.8) is 0 Å². The number of amides is 1. The van der Waals surface area contributed by atoms with Gasteiger partial charge in [0.25, 0.3) is 0 Å². The zero-order valence-corrected chi connectivity index (χ0v) is 8.04. The van der Waals surface area contributed by atoms with Gasteiger partial charge in [0.05, 0.1) is 5.56 Å². The van der Waals surface area contributed by atoms with Gasteiger partial charge in [0.2, 0.25) is 5.91 Å². The maximum Gasteiger partial charge on any atom is 0.416 e. The average Bonchev–Trinajstić information content (AvgIpc) is 2.64. The van der Waals surface area contributed by atoms with Crippen LogP contribution in [0.3, 0.4) is 0 Å². The van der Waals surface area contributed by atoms with Gasteiger partial charge in [0.1, 0.15) is 6.61 Å². The van der Waals surface area contributed by atoms with Crippen LogP contribution in [0, 0.1) is 0 Å². The van der Waals surface area contributed by atoms with Gasteiger partial charge >= 0.3 is 6.18 Å². The smallest absolute Gasteiger partial charge is 0.344 e. The number of hydrogen-bond acceptors (Lipinski definition) is 2. The fourth-order valence-corrected chi connectivity index (χ4v) is 1.45. The second-order valence-corrected chi connectivity index (χ2v) is 3.38. The Balaban J connectivity index is 2.26. The van der Waals surface area contributed by atoms with Gasteiger partial charge in [-0.3, -0.25) is 4.79 Å². The number of rotatable bonds is 1. The lowest BCUT2D eigenvalue weighted by atomic mass is 10.1. The number of benzene rings is 1. The molecular formula is C10H8F3NO2. The first kappa shape index (κ1) is 10.9. The van der Waals surface area contributed by atoms with E-state index in [2.05, 4.69) is 5.32 Å². The normalized spacial score (nSPS) is 20.9. The molecule has 0 spiro atoms. The zero-order chi connectivity index (χ0) is 11.8. The molecule has 0 radical (unpaired) electrons. The van der Waals surface area contributed by atoms with E-state index in [0.29, 0.717) is 5.56 Å². The van der Waals surface area contributed by atoms with Gasteiger partial charge in [-0.15, -0.1) is 0 Å². The number of carbonyl (C=O) groups excluding carboxylic acids is 1. The van der Waals surface area contributed by atoms with Gasteiger partial charge in [-0.05, 0) is 12.1 Å². The van der Waals surface area contributed by atoms with Crippen molar-refractivity contribution < 1.29 is 22.7 Å². The van der Waals surface area contributed by atoms with E-state index in [1.165, 1.54) is 12.1 Å². The molecule has 1 aromatic rings. The van der Waals surface area contributed by atoms with E-state index in [4.69, 9.17) is 4.74 Å². The first-order chi connectivity index (χ1) is 7.47. The summed E-state index contributed by atoms with van der Waals surface area (Å²) in [6.45, 7) is -0.124. The minimum absolute atomic E-state index is 0.124. The molecule has 0 saturated carbocycles. The molecule has 1 aliphatic heterocycles. The molecule has 86 valence electrons. The van der Waals surface area contributed by atoms with E-state index in [1.54, 1.807) is 0 Å². The Bertz CT molecular complexity index is 417. The van der Waals surface area contributed by atoms with Gasteiger partial charge < -0.3 is 10.1 Å². The summed E-state index contributed by atoms with van der Waals surface area (Å²) in [5, 5.41) is 2.42. The molecule has 1 amide bonds. The van der Waals surface area contributed by atoms with E-state index in [9.17, 15) is 18.0 Å². The first-order valence-corrected chi connectivity index (χ1v) is 4.55. The highest BCUT2D eigenvalue weighted by Gasteiger charge is 2.32. The molecule has 6 heteroatoms. The summed E-state index contributed by atoms with van der Waals surface area (Å²) in [4.78, 5) is 10.9. The lowest BCUT2D eigenvalue weighted by Gasteiger charge is -2.12. The van der Waals surface area contributed by atoms with Crippen LogP contribution in [0.25, 0.3) is 0 Å². The molecule has 1 aromatic carbocycles. The lowest BCUT2D eigenvalue weighted by molar-refractivity contribution is -0.137. The molecule has 3 nitrogen and oxygen atoms in total. The van der Waals surface area contributed by atoms with Crippen molar-refractivity contribution in [1.29, 1.82) is 0 Å². The molecule has 2 rings (SSSR count). The molecule has 1 saturated heterocycles. The Morgan fingerprint density at radius 2 is 2.12 bits per heavy atom. The third-order valence-electron chi connectivity index (χ3n) is 2.19. The summed E-state index contributed by atoms with van der Waals surface area (Å²) in [6, 6.07) is 4.70. The summed E-state index contributed by atoms with van der Waals surface area (Å²) < 4.78 is 42.2. The summed E-state index contributed by atoms with van der Waals surface area (Å²) >= 11 is 0. The van der Waals surface area contributed by atoms with Gasteiger partial charge in [0, 0.05) is 5.56 Å². The van der Waals surface area contributed by atoms with Gasteiger partial charge in [-0.1, -0.05) is 12.1 Å². The topological polar surface area (TPSA) is 38.3 Å². The maximum atomic E-state index is 12.4. The Morgan fingerprint density at radius 1 is 1.38 bits per heavy atom. The third kappa shape index (κ3) is 2.16. The molecule has 1 aliphatic rings. The number of halogens is 3. The van der Waals surface area contributed by atoms with Crippen LogP contribution in [-0.2, 0) is 15.7 Å². The summed E-state index contributed by atoms with van der Waals surface area (Å²) in [5.41, 5.74) is -0.463. The van der Waals surface area contributed by atoms with Crippen molar-refractivity contribution in [3.05, 3.63) is 35.4 Å². The second-order valence-electron chi connectivity index (χ2n) is 3.38. The van der Waals surface area contributed by atoms with Crippen LogP contribution in [-0.4, -0.2) is 12.5 Å². The number of alkyl halides is 3. The van der Waals surface area contributed by atoms with Crippen molar-refractivity contribution in [2.45, 2.75) is 12.4 Å². The van der Waals surface area contributed by atoms with Gasteiger partial charge in [-0.25, -0.2) is 0 Å². The van der Waals surface area contributed by atoms with Crippen LogP contribution in [0.2, 0.25) is 0 Å². The average molecular weight is 231 g/mol. The molecular weight excluding hydrogens is 223 g/mol. The maximum absolute atomic E-state index is 12.4. The zero-order valence-electron chi connectivity index (χ0n) is 8.04. The highest BCUT2D eigenvalue weighted by Crippen LogP contribution is 2.31. The van der Waals surface area contributed by atoms with Crippen molar-refractivity contribution >= 4 is 5.91 Å². The van der Waals surface area contributed by atoms with E-state index in [1.807, 2.05) is 0 Å². The molecule has 1 fully saturated rings. The van der Waals surface area contributed by atoms with Crippen molar-refractivity contribution in [2.24, 2.45) is 0 Å². The molecule has 1 atom stereocenters. The molecule has 1 unspecified atom stereocenters. The molecule has 0 bridgehead atoms. The summed E-state index contributed by atoms with van der Waals surface area (Å²) in [5.74, 6) is -0.331. The van der Waals surface area contributed by atoms with Crippen LogP contribution in [0.1, 0.15) is 17.4 Å². The minimum atomic E-state index is -4.39. The molecule has 16 heavy (non-hydrogen) atoms. The largest absolute Gasteiger partial charge is 0.416 e. The summed E-state index contributed by atoms with van der Waals surface area (Å²) in [6.07, 6.45) is -5.17.